The van der Waals surface area contributed by atoms with Gasteiger partial charge in [0.15, 0.2) is 11.6 Å². The molecule has 0 unspecified atom stereocenters. The van der Waals surface area contributed by atoms with Crippen LogP contribution in [0.5, 0.6) is 5.75 Å². The third kappa shape index (κ3) is 2.93. The van der Waals surface area contributed by atoms with E-state index in [1.165, 1.54) is 12.1 Å². The van der Waals surface area contributed by atoms with Gasteiger partial charge >= 0.3 is 6.03 Å². The van der Waals surface area contributed by atoms with Crippen LogP contribution in [0.1, 0.15) is 6.92 Å². The summed E-state index contributed by atoms with van der Waals surface area (Å²) in [5.41, 5.74) is 5.35. The smallest absolute Gasteiger partial charge is 0.318 e. The number of rotatable bonds is 2. The number of nitrogens with one attached hydrogen (secondary N) is 1. The van der Waals surface area contributed by atoms with Crippen LogP contribution in [0, 0.1) is 5.82 Å². The van der Waals surface area contributed by atoms with E-state index in [2.05, 4.69) is 0 Å². The number of primary amides is 1. The number of halogens is 1. The van der Waals surface area contributed by atoms with Gasteiger partial charge in [-0.25, -0.2) is 9.18 Å². The molecule has 102 valence electrons. The number of hydrogen-bond donors (Lipinski definition) is 2. The number of benzene rings is 1. The molecule has 0 saturated heterocycles. The molecule has 1 heterocycles. The van der Waals surface area contributed by atoms with E-state index >= 15 is 0 Å². The highest BCUT2D eigenvalue weighted by atomic mass is 19.1. The van der Waals surface area contributed by atoms with Crippen LogP contribution < -0.4 is 20.7 Å². The molecule has 1 aliphatic heterocycles. The second-order valence-electron chi connectivity index (χ2n) is 4.31. The van der Waals surface area contributed by atoms with Crippen molar-refractivity contribution < 1.29 is 18.7 Å². The average molecular weight is 267 g/mol. The predicted molar refractivity (Wildman–Crippen MR) is 66.4 cm³/mol. The van der Waals surface area contributed by atoms with E-state index in [-0.39, 0.29) is 18.4 Å². The van der Waals surface area contributed by atoms with Crippen molar-refractivity contribution in [2.75, 3.05) is 18.0 Å². The lowest BCUT2D eigenvalue weighted by Gasteiger charge is -2.34. The number of urea groups is 1. The quantitative estimate of drug-likeness (QED) is 0.822. The maximum Gasteiger partial charge on any atom is 0.318 e. The minimum Gasteiger partial charge on any atom is -0.484 e. The number of carbonyl (C=O) groups is 2. The monoisotopic (exact) mass is 267 g/mol. The Morgan fingerprint density at radius 3 is 3.00 bits per heavy atom. The minimum atomic E-state index is -0.911. The van der Waals surface area contributed by atoms with E-state index in [0.717, 1.165) is 0 Å². The van der Waals surface area contributed by atoms with Crippen molar-refractivity contribution in [1.29, 1.82) is 0 Å². The molecule has 0 aliphatic carbocycles. The number of nitrogens with zero attached hydrogens (tertiary/aromatic N) is 1. The molecule has 1 aromatic carbocycles. The summed E-state index contributed by atoms with van der Waals surface area (Å²) in [7, 11) is 0. The van der Waals surface area contributed by atoms with E-state index < -0.39 is 17.8 Å². The van der Waals surface area contributed by atoms with E-state index in [4.69, 9.17) is 10.5 Å². The normalized spacial score (nSPS) is 17.4. The van der Waals surface area contributed by atoms with E-state index in [9.17, 15) is 14.0 Å². The molecule has 6 nitrogen and oxygen atoms in total. The molecule has 0 spiro atoms. The summed E-state index contributed by atoms with van der Waals surface area (Å²) in [6, 6.07) is 3.57. The Morgan fingerprint density at radius 1 is 1.58 bits per heavy atom. The summed E-state index contributed by atoms with van der Waals surface area (Å²) < 4.78 is 19.1. The number of fused-ring (bicyclic) bond motifs is 1. The molecular formula is C12H14FN3O3. The number of para-hydroxylation sites is 1. The van der Waals surface area contributed by atoms with Crippen molar-refractivity contribution in [2.45, 2.75) is 13.0 Å². The largest absolute Gasteiger partial charge is 0.484 e. The van der Waals surface area contributed by atoms with Crippen LogP contribution in [-0.4, -0.2) is 31.1 Å². The summed E-state index contributed by atoms with van der Waals surface area (Å²) in [5.74, 6) is -0.908. The molecule has 1 atom stereocenters. The number of nitrogens with two attached hydrogens (primary N) is 1. The van der Waals surface area contributed by atoms with Crippen molar-refractivity contribution in [3.05, 3.63) is 24.0 Å². The second-order valence-corrected chi connectivity index (χ2v) is 4.31. The number of amides is 3. The lowest BCUT2D eigenvalue weighted by molar-refractivity contribution is -0.118. The molecule has 3 N–H and O–H groups in total. The van der Waals surface area contributed by atoms with Gasteiger partial charge in [0.25, 0.3) is 0 Å². The van der Waals surface area contributed by atoms with Crippen molar-refractivity contribution in [3.8, 4) is 5.75 Å². The zero-order valence-corrected chi connectivity index (χ0v) is 10.4. The zero-order chi connectivity index (χ0) is 14.0. The zero-order valence-electron chi connectivity index (χ0n) is 10.4. The summed E-state index contributed by atoms with van der Waals surface area (Å²) in [6.07, 6.45) is -0.259. The highest BCUT2D eigenvalue weighted by Crippen LogP contribution is 2.35. The van der Waals surface area contributed by atoms with Crippen LogP contribution >= 0.6 is 0 Å². The van der Waals surface area contributed by atoms with E-state index in [1.54, 1.807) is 17.9 Å². The Labute approximate surface area is 109 Å². The van der Waals surface area contributed by atoms with Crippen molar-refractivity contribution in [2.24, 2.45) is 5.73 Å². The number of imide groups is 1. The molecule has 0 bridgehead atoms. The first kappa shape index (κ1) is 13.1. The molecule has 3 amide bonds. The Morgan fingerprint density at radius 2 is 2.32 bits per heavy atom. The number of ether oxygens (including phenoxy) is 1. The third-order valence-electron chi connectivity index (χ3n) is 2.68. The highest BCUT2D eigenvalue weighted by molar-refractivity contribution is 5.96. The Hall–Kier alpha value is -2.31. The van der Waals surface area contributed by atoms with Gasteiger partial charge in [0.1, 0.15) is 6.10 Å². The number of hydrogen-bond acceptors (Lipinski definition) is 4. The minimum absolute atomic E-state index is 0.0902. The molecule has 7 heteroatoms. The molecule has 19 heavy (non-hydrogen) atoms. The first-order valence-electron chi connectivity index (χ1n) is 5.76. The van der Waals surface area contributed by atoms with Gasteiger partial charge in [0.2, 0.25) is 5.91 Å². The molecule has 1 aliphatic rings. The Kier molecular flexibility index (Phi) is 3.55. The van der Waals surface area contributed by atoms with Gasteiger partial charge in [0, 0.05) is 0 Å². The first-order valence-corrected chi connectivity index (χ1v) is 5.76. The van der Waals surface area contributed by atoms with Gasteiger partial charge < -0.3 is 15.4 Å². The first-order chi connectivity index (χ1) is 8.97. The van der Waals surface area contributed by atoms with Crippen LogP contribution in [-0.2, 0) is 4.79 Å². The van der Waals surface area contributed by atoms with Crippen molar-refractivity contribution in [3.63, 3.8) is 0 Å². The molecule has 0 radical (unpaired) electrons. The summed E-state index contributed by atoms with van der Waals surface area (Å²) in [4.78, 5) is 23.8. The fraction of sp³-hybridized carbons (Fsp3) is 0.333. The molecule has 0 saturated carbocycles. The maximum absolute atomic E-state index is 13.6. The van der Waals surface area contributed by atoms with Crippen LogP contribution in [0.25, 0.3) is 0 Å². The van der Waals surface area contributed by atoms with Gasteiger partial charge in [-0.15, -0.1) is 0 Å². The van der Waals surface area contributed by atoms with Gasteiger partial charge in [-0.3, -0.25) is 10.1 Å². The molecule has 2 rings (SSSR count). The average Bonchev–Trinajstić information content (AvgIpc) is 2.29. The van der Waals surface area contributed by atoms with Crippen LogP contribution in [0.3, 0.4) is 0 Å². The molecule has 0 fully saturated rings. The predicted octanol–water partition coefficient (Wildman–Crippen LogP) is 0.608. The standard InChI is InChI=1S/C12H14FN3O3/c1-7-5-16(6-10(17)15-12(14)18)9-4-2-3-8(13)11(9)19-7/h2-4,7H,5-6H2,1H3,(H3,14,15,17,18)/t7-/m1/s1. The summed E-state index contributed by atoms with van der Waals surface area (Å²) in [6.45, 7) is 2.10. The van der Waals surface area contributed by atoms with Crippen molar-refractivity contribution in [1.82, 2.24) is 5.32 Å². The Balaban J connectivity index is 2.21. The third-order valence-corrected chi connectivity index (χ3v) is 2.68. The van der Waals surface area contributed by atoms with Crippen LogP contribution in [0.4, 0.5) is 14.9 Å². The summed E-state index contributed by atoms with van der Waals surface area (Å²) in [5, 5.41) is 1.97. The summed E-state index contributed by atoms with van der Waals surface area (Å²) >= 11 is 0. The highest BCUT2D eigenvalue weighted by Gasteiger charge is 2.26. The topological polar surface area (TPSA) is 84.7 Å². The van der Waals surface area contributed by atoms with Crippen molar-refractivity contribution >= 4 is 17.6 Å². The number of carbonyl (C=O) groups excluding carboxylic acids is 2. The Bertz CT molecular complexity index is 521. The van der Waals surface area contributed by atoms with Crippen LogP contribution in [0.2, 0.25) is 0 Å². The van der Waals surface area contributed by atoms with Gasteiger partial charge in [-0.1, -0.05) is 6.07 Å². The van der Waals surface area contributed by atoms with Gasteiger partial charge in [0.05, 0.1) is 18.8 Å². The SMILES string of the molecule is C[C@@H]1CN(CC(=O)NC(N)=O)c2cccc(F)c2O1. The molecule has 0 aromatic heterocycles. The van der Waals surface area contributed by atoms with E-state index in [0.29, 0.717) is 12.2 Å². The maximum atomic E-state index is 13.6. The van der Waals surface area contributed by atoms with Crippen LogP contribution in [0.15, 0.2) is 18.2 Å². The lowest BCUT2D eigenvalue weighted by Crippen LogP contribution is -2.46. The second kappa shape index (κ2) is 5.13. The van der Waals surface area contributed by atoms with E-state index in [1.807, 2.05) is 5.32 Å². The van der Waals surface area contributed by atoms with Gasteiger partial charge in [-0.2, -0.15) is 0 Å². The fourth-order valence-corrected chi connectivity index (χ4v) is 2.01. The molecular weight excluding hydrogens is 253 g/mol. The lowest BCUT2D eigenvalue weighted by atomic mass is 10.2. The molecule has 1 aromatic rings. The number of anilines is 1. The fourth-order valence-electron chi connectivity index (χ4n) is 2.01. The van der Waals surface area contributed by atoms with Gasteiger partial charge in [-0.05, 0) is 19.1 Å².